The number of anilines is 1. The molecule has 0 N–H and O–H groups in total. The molecule has 0 bridgehead atoms. The van der Waals surface area contributed by atoms with Gasteiger partial charge in [0.25, 0.3) is 0 Å². The lowest BCUT2D eigenvalue weighted by atomic mass is 9.87. The molecule has 1 atom stereocenters. The van der Waals surface area contributed by atoms with Gasteiger partial charge in [-0.3, -0.25) is 0 Å². The highest BCUT2D eigenvalue weighted by molar-refractivity contribution is 5.49. The predicted octanol–water partition coefficient (Wildman–Crippen LogP) is 4.79. The minimum atomic E-state index is 0.574. The Balaban J connectivity index is 1.72. The molecule has 2 aromatic rings. The molecule has 146 valence electrons. The molecule has 1 aliphatic carbocycles. The highest BCUT2D eigenvalue weighted by atomic mass is 16.5. The van der Waals surface area contributed by atoms with Gasteiger partial charge < -0.3 is 14.5 Å². The number of methoxy groups -OCH3 is 1. The van der Waals surface area contributed by atoms with Crippen LogP contribution in [0.1, 0.15) is 37.8 Å². The zero-order chi connectivity index (χ0) is 19.1. The summed E-state index contributed by atoms with van der Waals surface area (Å²) in [7, 11) is 1.75. The molecular weight excluding hydrogens is 332 g/mol. The molecule has 3 rings (SSSR count). The van der Waals surface area contributed by atoms with Gasteiger partial charge in [-0.15, -0.1) is 0 Å². The average Bonchev–Trinajstić information content (AvgIpc) is 2.74. The minimum Gasteiger partial charge on any atom is -0.497 e. The molecule has 0 aromatic heterocycles. The maximum Gasteiger partial charge on any atom is 0.119 e. The van der Waals surface area contributed by atoms with Gasteiger partial charge in [0, 0.05) is 18.3 Å². The third-order valence-electron chi connectivity index (χ3n) is 5.91. The van der Waals surface area contributed by atoms with Crippen LogP contribution < -0.4 is 9.64 Å². The van der Waals surface area contributed by atoms with E-state index in [0.717, 1.165) is 38.2 Å². The summed E-state index contributed by atoms with van der Waals surface area (Å²) >= 11 is 0. The molecule has 1 aliphatic rings. The third-order valence-corrected chi connectivity index (χ3v) is 5.91. The number of hydrogen-bond donors (Lipinski definition) is 0. The second-order valence-corrected chi connectivity index (χ2v) is 7.44. The van der Waals surface area contributed by atoms with E-state index in [2.05, 4.69) is 72.2 Å². The quantitative estimate of drug-likeness (QED) is 0.634. The lowest BCUT2D eigenvalue weighted by Crippen LogP contribution is -2.41. The van der Waals surface area contributed by atoms with E-state index in [4.69, 9.17) is 4.74 Å². The number of ether oxygens (including phenoxy) is 1. The van der Waals surface area contributed by atoms with Crippen molar-refractivity contribution in [1.29, 1.82) is 0 Å². The van der Waals surface area contributed by atoms with E-state index in [9.17, 15) is 0 Å². The topological polar surface area (TPSA) is 15.7 Å². The van der Waals surface area contributed by atoms with Crippen molar-refractivity contribution in [2.45, 2.75) is 45.6 Å². The SMILES string of the molecule is CCN(CC)CCCN(c1ccccc1)C1CCc2cc(OC)ccc2C1. The standard InChI is InChI=1S/C24H34N2O/c1-4-25(5-2)16-9-17-26(22-10-7-6-8-11-22)23-14-12-21-19-24(27-3)15-13-20(21)18-23/h6-8,10-11,13,15,19,23H,4-5,9,12,14,16-18H2,1-3H3. The van der Waals surface area contributed by atoms with E-state index in [-0.39, 0.29) is 0 Å². The van der Waals surface area contributed by atoms with E-state index in [1.54, 1.807) is 7.11 Å². The van der Waals surface area contributed by atoms with Gasteiger partial charge in [0.2, 0.25) is 0 Å². The summed E-state index contributed by atoms with van der Waals surface area (Å²) in [5.74, 6) is 0.978. The van der Waals surface area contributed by atoms with Gasteiger partial charge in [-0.25, -0.2) is 0 Å². The summed E-state index contributed by atoms with van der Waals surface area (Å²) in [6.45, 7) is 9.09. The number of fused-ring (bicyclic) bond motifs is 1. The number of hydrogen-bond acceptors (Lipinski definition) is 3. The number of benzene rings is 2. The first-order valence-electron chi connectivity index (χ1n) is 10.4. The van der Waals surface area contributed by atoms with E-state index < -0.39 is 0 Å². The Labute approximate surface area is 164 Å². The fourth-order valence-electron chi connectivity index (χ4n) is 4.25. The zero-order valence-corrected chi connectivity index (χ0v) is 17.2. The van der Waals surface area contributed by atoms with Crippen LogP contribution in [0.15, 0.2) is 48.5 Å². The zero-order valence-electron chi connectivity index (χ0n) is 17.2. The second kappa shape index (κ2) is 9.80. The lowest BCUT2D eigenvalue weighted by Gasteiger charge is -2.37. The Kier molecular flexibility index (Phi) is 7.17. The van der Waals surface area contributed by atoms with E-state index >= 15 is 0 Å². The molecule has 1 unspecified atom stereocenters. The van der Waals surface area contributed by atoms with Crippen LogP contribution in [0.25, 0.3) is 0 Å². The van der Waals surface area contributed by atoms with Crippen molar-refractivity contribution < 1.29 is 4.74 Å². The third kappa shape index (κ3) is 5.04. The summed E-state index contributed by atoms with van der Waals surface area (Å²) in [4.78, 5) is 5.17. The van der Waals surface area contributed by atoms with Gasteiger partial charge >= 0.3 is 0 Å². The molecular formula is C24H34N2O. The largest absolute Gasteiger partial charge is 0.497 e. The Morgan fingerprint density at radius 1 is 0.963 bits per heavy atom. The van der Waals surface area contributed by atoms with Crippen molar-refractivity contribution in [2.24, 2.45) is 0 Å². The van der Waals surface area contributed by atoms with Crippen LogP contribution in [0.3, 0.4) is 0 Å². The van der Waals surface area contributed by atoms with Gasteiger partial charge in [-0.05, 0) is 80.7 Å². The van der Waals surface area contributed by atoms with Crippen LogP contribution in [-0.4, -0.2) is 44.2 Å². The number of para-hydroxylation sites is 1. The smallest absolute Gasteiger partial charge is 0.119 e. The Hall–Kier alpha value is -2.00. The number of rotatable bonds is 9. The second-order valence-electron chi connectivity index (χ2n) is 7.44. The van der Waals surface area contributed by atoms with Gasteiger partial charge in [-0.2, -0.15) is 0 Å². The van der Waals surface area contributed by atoms with Gasteiger partial charge in [0.05, 0.1) is 7.11 Å². The van der Waals surface area contributed by atoms with Crippen molar-refractivity contribution in [3.63, 3.8) is 0 Å². The van der Waals surface area contributed by atoms with Gasteiger partial charge in [0.1, 0.15) is 5.75 Å². The van der Waals surface area contributed by atoms with Crippen LogP contribution in [0.4, 0.5) is 5.69 Å². The molecule has 0 fully saturated rings. The summed E-state index contributed by atoms with van der Waals surface area (Å²) in [6.07, 6.45) is 4.68. The van der Waals surface area contributed by atoms with Crippen LogP contribution in [0.2, 0.25) is 0 Å². The van der Waals surface area contributed by atoms with Crippen molar-refractivity contribution >= 4 is 5.69 Å². The van der Waals surface area contributed by atoms with Crippen molar-refractivity contribution in [1.82, 2.24) is 4.90 Å². The first-order chi connectivity index (χ1) is 13.2. The fourth-order valence-corrected chi connectivity index (χ4v) is 4.25. The molecule has 0 aliphatic heterocycles. The van der Waals surface area contributed by atoms with Crippen LogP contribution in [0, 0.1) is 0 Å². The van der Waals surface area contributed by atoms with E-state index in [1.165, 1.54) is 36.2 Å². The Morgan fingerprint density at radius 3 is 2.44 bits per heavy atom. The molecule has 0 amide bonds. The molecule has 27 heavy (non-hydrogen) atoms. The molecule has 0 saturated heterocycles. The number of aryl methyl sites for hydroxylation is 1. The summed E-state index contributed by atoms with van der Waals surface area (Å²) < 4.78 is 5.41. The Bertz CT molecular complexity index is 697. The first kappa shape index (κ1) is 19.8. The molecule has 2 aromatic carbocycles. The monoisotopic (exact) mass is 366 g/mol. The highest BCUT2D eigenvalue weighted by Crippen LogP contribution is 2.30. The maximum atomic E-state index is 5.41. The predicted molar refractivity (Wildman–Crippen MR) is 115 cm³/mol. The summed E-state index contributed by atoms with van der Waals surface area (Å²) in [5.41, 5.74) is 4.30. The Morgan fingerprint density at radius 2 is 1.74 bits per heavy atom. The van der Waals surface area contributed by atoms with Crippen LogP contribution >= 0.6 is 0 Å². The molecule has 0 radical (unpaired) electrons. The first-order valence-corrected chi connectivity index (χ1v) is 10.4. The molecule has 0 heterocycles. The number of nitrogens with zero attached hydrogens (tertiary/aromatic N) is 2. The average molecular weight is 367 g/mol. The van der Waals surface area contributed by atoms with Gasteiger partial charge in [-0.1, -0.05) is 38.1 Å². The van der Waals surface area contributed by atoms with E-state index in [0.29, 0.717) is 6.04 Å². The van der Waals surface area contributed by atoms with Crippen molar-refractivity contribution in [3.8, 4) is 5.75 Å². The summed E-state index contributed by atoms with van der Waals surface area (Å²) in [6, 6.07) is 18.1. The normalized spacial score (nSPS) is 16.2. The molecule has 3 nitrogen and oxygen atoms in total. The van der Waals surface area contributed by atoms with Gasteiger partial charge in [0.15, 0.2) is 0 Å². The molecule has 3 heteroatoms. The fraction of sp³-hybridized carbons (Fsp3) is 0.500. The lowest BCUT2D eigenvalue weighted by molar-refractivity contribution is 0.299. The maximum absolute atomic E-state index is 5.41. The minimum absolute atomic E-state index is 0.574. The van der Waals surface area contributed by atoms with Crippen molar-refractivity contribution in [2.75, 3.05) is 38.2 Å². The van der Waals surface area contributed by atoms with Crippen LogP contribution in [0.5, 0.6) is 5.75 Å². The highest BCUT2D eigenvalue weighted by Gasteiger charge is 2.24. The van der Waals surface area contributed by atoms with E-state index in [1.807, 2.05) is 0 Å². The molecule has 0 spiro atoms. The van der Waals surface area contributed by atoms with Crippen molar-refractivity contribution in [3.05, 3.63) is 59.7 Å². The van der Waals surface area contributed by atoms with Crippen LogP contribution in [-0.2, 0) is 12.8 Å². The summed E-state index contributed by atoms with van der Waals surface area (Å²) in [5, 5.41) is 0. The molecule has 0 saturated carbocycles.